The van der Waals surface area contributed by atoms with Crippen LogP contribution in [0, 0.1) is 0 Å². The molecule has 1 N–H and O–H groups in total. The van der Waals surface area contributed by atoms with E-state index in [1.165, 1.54) is 17.3 Å². The highest BCUT2D eigenvalue weighted by Gasteiger charge is 2.33. The van der Waals surface area contributed by atoms with Gasteiger partial charge in [0.15, 0.2) is 0 Å². The summed E-state index contributed by atoms with van der Waals surface area (Å²) in [6.45, 7) is 1.66. The van der Waals surface area contributed by atoms with Gasteiger partial charge < -0.3 is 15.1 Å². The summed E-state index contributed by atoms with van der Waals surface area (Å²) in [4.78, 5) is 27.6. The summed E-state index contributed by atoms with van der Waals surface area (Å²) in [5, 5.41) is 10.5. The number of rotatable bonds is 2. The Hall–Kier alpha value is -2.02. The van der Waals surface area contributed by atoms with Crippen molar-refractivity contribution in [1.29, 1.82) is 0 Å². The minimum atomic E-state index is -0.468. The first kappa shape index (κ1) is 13.4. The summed E-state index contributed by atoms with van der Waals surface area (Å²) < 4.78 is 0. The van der Waals surface area contributed by atoms with Crippen molar-refractivity contribution in [3.05, 3.63) is 24.0 Å². The summed E-state index contributed by atoms with van der Waals surface area (Å²) in [5.41, 5.74) is 0.452. The molecule has 2 rings (SSSR count). The normalized spacial score (nSPS) is 19.1. The van der Waals surface area contributed by atoms with Gasteiger partial charge in [-0.25, -0.2) is 0 Å². The molecule has 7 heteroatoms. The van der Waals surface area contributed by atoms with Gasteiger partial charge in [0.2, 0.25) is 5.91 Å². The third-order valence-electron chi connectivity index (χ3n) is 3.06. The van der Waals surface area contributed by atoms with Crippen LogP contribution in [0.15, 0.2) is 18.5 Å². The van der Waals surface area contributed by atoms with Crippen LogP contribution < -0.4 is 5.32 Å². The van der Waals surface area contributed by atoms with Gasteiger partial charge in [0.05, 0.1) is 18.0 Å². The van der Waals surface area contributed by atoms with E-state index < -0.39 is 6.04 Å². The quantitative estimate of drug-likeness (QED) is 0.739. The van der Waals surface area contributed by atoms with Gasteiger partial charge in [-0.1, -0.05) is 0 Å². The first-order chi connectivity index (χ1) is 9.11. The number of hydrogen-bond donors (Lipinski definition) is 1. The van der Waals surface area contributed by atoms with Crippen molar-refractivity contribution in [2.75, 3.05) is 33.7 Å². The molecule has 1 saturated heterocycles. The number of nitrogens with zero attached hydrogens (tertiary/aromatic N) is 4. The van der Waals surface area contributed by atoms with E-state index in [1.807, 2.05) is 0 Å². The van der Waals surface area contributed by atoms with Crippen molar-refractivity contribution < 1.29 is 9.59 Å². The Balaban J connectivity index is 2.20. The first-order valence-electron chi connectivity index (χ1n) is 6.11. The maximum Gasteiger partial charge on any atom is 0.256 e. The van der Waals surface area contributed by atoms with Gasteiger partial charge in [-0.05, 0) is 6.07 Å². The molecule has 2 amide bonds. The lowest BCUT2D eigenvalue weighted by molar-refractivity contribution is -0.134. The van der Waals surface area contributed by atoms with Gasteiger partial charge >= 0.3 is 0 Å². The Kier molecular flexibility index (Phi) is 4.06. The predicted octanol–water partition coefficient (Wildman–Crippen LogP) is -1.02. The van der Waals surface area contributed by atoms with Crippen LogP contribution in [0.2, 0.25) is 0 Å². The number of likely N-dealkylation sites (N-methyl/N-ethyl adjacent to an activating group) is 1. The summed E-state index contributed by atoms with van der Waals surface area (Å²) in [6, 6.07) is 1.14. The third-order valence-corrected chi connectivity index (χ3v) is 3.06. The molecule has 1 fully saturated rings. The molecular weight excluding hydrogens is 246 g/mol. The fourth-order valence-electron chi connectivity index (χ4n) is 2.05. The van der Waals surface area contributed by atoms with Crippen LogP contribution in [-0.2, 0) is 4.79 Å². The molecule has 102 valence electrons. The summed E-state index contributed by atoms with van der Waals surface area (Å²) in [5.74, 6) is -0.265. The zero-order chi connectivity index (χ0) is 13.8. The minimum absolute atomic E-state index is 0.0810. The monoisotopic (exact) mass is 263 g/mol. The molecule has 19 heavy (non-hydrogen) atoms. The number of aromatic nitrogens is 2. The zero-order valence-electron chi connectivity index (χ0n) is 11.0. The van der Waals surface area contributed by atoms with E-state index in [4.69, 9.17) is 0 Å². The topological polar surface area (TPSA) is 78.4 Å². The van der Waals surface area contributed by atoms with Crippen LogP contribution in [0.5, 0.6) is 0 Å². The Morgan fingerprint density at radius 1 is 1.42 bits per heavy atom. The Morgan fingerprint density at radius 2 is 2.21 bits per heavy atom. The van der Waals surface area contributed by atoms with Crippen LogP contribution in [0.25, 0.3) is 0 Å². The van der Waals surface area contributed by atoms with Gasteiger partial charge in [0.1, 0.15) is 6.04 Å². The fourth-order valence-corrected chi connectivity index (χ4v) is 2.05. The van der Waals surface area contributed by atoms with Crippen molar-refractivity contribution in [1.82, 2.24) is 25.3 Å². The summed E-state index contributed by atoms with van der Waals surface area (Å²) >= 11 is 0. The van der Waals surface area contributed by atoms with E-state index in [0.717, 1.165) is 0 Å². The molecular formula is C12H17N5O2. The van der Waals surface area contributed by atoms with Crippen molar-refractivity contribution in [3.63, 3.8) is 0 Å². The molecule has 0 aromatic carbocycles. The third kappa shape index (κ3) is 2.87. The Labute approximate surface area is 111 Å². The van der Waals surface area contributed by atoms with Crippen molar-refractivity contribution in [3.8, 4) is 0 Å². The number of carbonyl (C=O) groups is 2. The largest absolute Gasteiger partial charge is 0.347 e. The SMILES string of the molecule is CN(C)C(=O)C1CNCCN1C(=O)c1ccnnc1. The summed E-state index contributed by atoms with van der Waals surface area (Å²) in [7, 11) is 3.38. The van der Waals surface area contributed by atoms with Gasteiger partial charge in [-0.3, -0.25) is 9.59 Å². The Morgan fingerprint density at radius 3 is 2.84 bits per heavy atom. The zero-order valence-corrected chi connectivity index (χ0v) is 11.0. The molecule has 0 radical (unpaired) electrons. The van der Waals surface area contributed by atoms with Gasteiger partial charge in [-0.15, -0.1) is 0 Å². The maximum absolute atomic E-state index is 12.4. The van der Waals surface area contributed by atoms with Crippen molar-refractivity contribution in [2.24, 2.45) is 0 Å². The van der Waals surface area contributed by atoms with Crippen LogP contribution in [0.4, 0.5) is 0 Å². The molecule has 1 unspecified atom stereocenters. The molecule has 0 bridgehead atoms. The minimum Gasteiger partial charge on any atom is -0.347 e. The molecule has 0 aliphatic carbocycles. The summed E-state index contributed by atoms with van der Waals surface area (Å²) in [6.07, 6.45) is 2.89. The number of piperazine rings is 1. The molecule has 1 aromatic heterocycles. The second kappa shape index (κ2) is 5.75. The van der Waals surface area contributed by atoms with Crippen LogP contribution >= 0.6 is 0 Å². The van der Waals surface area contributed by atoms with Crippen LogP contribution in [-0.4, -0.2) is 71.6 Å². The lowest BCUT2D eigenvalue weighted by Crippen LogP contribution is -2.59. The highest BCUT2D eigenvalue weighted by molar-refractivity contribution is 5.97. The maximum atomic E-state index is 12.4. The van der Waals surface area contributed by atoms with Crippen molar-refractivity contribution >= 4 is 11.8 Å². The van der Waals surface area contributed by atoms with E-state index >= 15 is 0 Å². The van der Waals surface area contributed by atoms with Crippen LogP contribution in [0.1, 0.15) is 10.4 Å². The lowest BCUT2D eigenvalue weighted by atomic mass is 10.1. The van der Waals surface area contributed by atoms with E-state index in [0.29, 0.717) is 25.2 Å². The second-order valence-corrected chi connectivity index (χ2v) is 4.58. The highest BCUT2D eigenvalue weighted by atomic mass is 16.2. The molecule has 0 spiro atoms. The molecule has 0 saturated carbocycles. The van der Waals surface area contributed by atoms with Crippen LogP contribution in [0.3, 0.4) is 0 Å². The number of nitrogens with one attached hydrogen (secondary N) is 1. The molecule has 1 aliphatic heterocycles. The lowest BCUT2D eigenvalue weighted by Gasteiger charge is -2.36. The van der Waals surface area contributed by atoms with Gasteiger partial charge in [0.25, 0.3) is 5.91 Å². The fraction of sp³-hybridized carbons (Fsp3) is 0.500. The Bertz CT molecular complexity index is 462. The predicted molar refractivity (Wildman–Crippen MR) is 68.4 cm³/mol. The molecule has 1 atom stereocenters. The van der Waals surface area contributed by atoms with Crippen molar-refractivity contribution in [2.45, 2.75) is 6.04 Å². The molecule has 7 nitrogen and oxygen atoms in total. The average molecular weight is 263 g/mol. The number of hydrogen-bond acceptors (Lipinski definition) is 5. The van der Waals surface area contributed by atoms with E-state index in [1.54, 1.807) is 25.1 Å². The van der Waals surface area contributed by atoms with Gasteiger partial charge in [-0.2, -0.15) is 10.2 Å². The number of carbonyl (C=O) groups excluding carboxylic acids is 2. The smallest absolute Gasteiger partial charge is 0.256 e. The van der Waals surface area contributed by atoms with E-state index in [-0.39, 0.29) is 11.8 Å². The number of amides is 2. The standard InChI is InChI=1S/C12H17N5O2/c1-16(2)12(19)10-8-13-5-6-17(10)11(18)9-3-4-14-15-7-9/h3-4,7,10,13H,5-6,8H2,1-2H3. The molecule has 2 heterocycles. The highest BCUT2D eigenvalue weighted by Crippen LogP contribution is 2.11. The van der Waals surface area contributed by atoms with E-state index in [2.05, 4.69) is 15.5 Å². The second-order valence-electron chi connectivity index (χ2n) is 4.58. The average Bonchev–Trinajstić information content (AvgIpc) is 2.46. The van der Waals surface area contributed by atoms with E-state index in [9.17, 15) is 9.59 Å². The first-order valence-corrected chi connectivity index (χ1v) is 6.11. The van der Waals surface area contributed by atoms with Gasteiger partial charge in [0, 0.05) is 33.7 Å². The molecule has 1 aliphatic rings. The molecule has 1 aromatic rings.